The molecule has 0 atom stereocenters. The highest BCUT2D eigenvalue weighted by Gasteiger charge is 2.04. The molecule has 0 fully saturated rings. The summed E-state index contributed by atoms with van der Waals surface area (Å²) in [7, 11) is 0. The van der Waals surface area contributed by atoms with Gasteiger partial charge < -0.3 is 13.7 Å². The van der Waals surface area contributed by atoms with Gasteiger partial charge in [0.2, 0.25) is 5.89 Å². The van der Waals surface area contributed by atoms with Gasteiger partial charge in [-0.25, -0.2) is 9.97 Å². The summed E-state index contributed by atoms with van der Waals surface area (Å²) in [5.74, 6) is 1.37. The molecule has 0 spiro atoms. The molecule has 2 heterocycles. The van der Waals surface area contributed by atoms with E-state index in [4.69, 9.17) is 9.15 Å². The molecule has 0 aliphatic rings. The third-order valence-corrected chi connectivity index (χ3v) is 4.97. The van der Waals surface area contributed by atoms with E-state index in [-0.39, 0.29) is 0 Å². The SMILES string of the molecule is C(=C\c1nc(COc2ccc3cc(Cn4ccnc4)ccc3c2)co1)/c1ccccc1. The first-order valence-electron chi connectivity index (χ1n) is 10.1. The highest BCUT2D eigenvalue weighted by molar-refractivity contribution is 5.84. The van der Waals surface area contributed by atoms with E-state index >= 15 is 0 Å². The number of aromatic nitrogens is 3. The van der Waals surface area contributed by atoms with Crippen molar-refractivity contribution in [1.29, 1.82) is 0 Å². The van der Waals surface area contributed by atoms with Crippen molar-refractivity contribution >= 4 is 22.9 Å². The van der Waals surface area contributed by atoms with Crippen LogP contribution in [0.5, 0.6) is 5.75 Å². The van der Waals surface area contributed by atoms with Gasteiger partial charge in [-0.3, -0.25) is 0 Å². The molecule has 0 radical (unpaired) electrons. The molecule has 0 N–H and O–H groups in total. The van der Waals surface area contributed by atoms with Crippen molar-refractivity contribution < 1.29 is 9.15 Å². The van der Waals surface area contributed by atoms with Crippen LogP contribution in [0.2, 0.25) is 0 Å². The zero-order chi connectivity index (χ0) is 20.9. The predicted molar refractivity (Wildman–Crippen MR) is 121 cm³/mol. The fourth-order valence-electron chi connectivity index (χ4n) is 3.41. The summed E-state index contributed by atoms with van der Waals surface area (Å²) >= 11 is 0. The van der Waals surface area contributed by atoms with Gasteiger partial charge in [0, 0.05) is 25.0 Å². The lowest BCUT2D eigenvalue weighted by molar-refractivity contribution is 0.301. The van der Waals surface area contributed by atoms with Crippen LogP contribution in [0.25, 0.3) is 22.9 Å². The first-order chi connectivity index (χ1) is 15.3. The van der Waals surface area contributed by atoms with Crippen molar-refractivity contribution in [2.75, 3.05) is 0 Å². The van der Waals surface area contributed by atoms with E-state index in [1.807, 2.05) is 67.1 Å². The quantitative estimate of drug-likeness (QED) is 0.341. The summed E-state index contributed by atoms with van der Waals surface area (Å²) in [5, 5.41) is 2.32. The van der Waals surface area contributed by atoms with E-state index in [0.717, 1.165) is 28.9 Å². The molecule has 0 saturated carbocycles. The van der Waals surface area contributed by atoms with Gasteiger partial charge in [0.1, 0.15) is 24.3 Å². The zero-order valence-electron chi connectivity index (χ0n) is 16.9. The summed E-state index contributed by atoms with van der Waals surface area (Å²) in [6.07, 6.45) is 11.1. The molecule has 3 aromatic carbocycles. The fourth-order valence-corrected chi connectivity index (χ4v) is 3.41. The van der Waals surface area contributed by atoms with E-state index in [1.54, 1.807) is 12.5 Å². The Hall–Kier alpha value is -4.12. The van der Waals surface area contributed by atoms with Crippen LogP contribution in [0.3, 0.4) is 0 Å². The summed E-state index contributed by atoms with van der Waals surface area (Å²) in [4.78, 5) is 8.56. The third-order valence-electron chi connectivity index (χ3n) is 4.97. The molecule has 5 aromatic rings. The predicted octanol–water partition coefficient (Wildman–Crippen LogP) is 5.82. The molecule has 2 aromatic heterocycles. The molecule has 5 nitrogen and oxygen atoms in total. The van der Waals surface area contributed by atoms with Crippen LogP contribution in [0, 0.1) is 0 Å². The Balaban J connectivity index is 1.22. The summed E-state index contributed by atoms with van der Waals surface area (Å²) in [6.45, 7) is 1.16. The van der Waals surface area contributed by atoms with E-state index < -0.39 is 0 Å². The Morgan fingerprint density at radius 1 is 0.935 bits per heavy atom. The summed E-state index contributed by atoms with van der Waals surface area (Å²) in [5.41, 5.74) is 3.09. The minimum atomic E-state index is 0.354. The number of rotatable bonds is 7. The number of ether oxygens (including phenoxy) is 1. The Bertz CT molecular complexity index is 1310. The van der Waals surface area contributed by atoms with Gasteiger partial charge in [-0.1, -0.05) is 48.5 Å². The van der Waals surface area contributed by atoms with Crippen LogP contribution in [0.4, 0.5) is 0 Å². The van der Waals surface area contributed by atoms with Crippen LogP contribution >= 0.6 is 0 Å². The van der Waals surface area contributed by atoms with Crippen molar-refractivity contribution in [3.8, 4) is 5.75 Å². The molecular weight excluding hydrogens is 386 g/mol. The number of oxazole rings is 1. The van der Waals surface area contributed by atoms with Crippen molar-refractivity contribution in [3.63, 3.8) is 0 Å². The molecule has 0 aliphatic carbocycles. The second-order valence-corrected chi connectivity index (χ2v) is 7.29. The maximum absolute atomic E-state index is 5.93. The van der Waals surface area contributed by atoms with Crippen LogP contribution < -0.4 is 4.74 Å². The topological polar surface area (TPSA) is 53.1 Å². The maximum atomic E-state index is 5.93. The molecule has 0 bridgehead atoms. The number of fused-ring (bicyclic) bond motifs is 1. The summed E-state index contributed by atoms with van der Waals surface area (Å²) in [6, 6.07) is 22.6. The second-order valence-electron chi connectivity index (χ2n) is 7.29. The van der Waals surface area contributed by atoms with E-state index in [1.165, 1.54) is 10.9 Å². The normalized spacial score (nSPS) is 11.4. The van der Waals surface area contributed by atoms with Gasteiger partial charge in [-0.05, 0) is 46.2 Å². The molecule has 5 heteroatoms. The van der Waals surface area contributed by atoms with Crippen molar-refractivity contribution in [3.05, 3.63) is 114 Å². The number of hydrogen-bond acceptors (Lipinski definition) is 4. The Morgan fingerprint density at radius 2 is 1.81 bits per heavy atom. The van der Waals surface area contributed by atoms with Crippen LogP contribution in [-0.2, 0) is 13.2 Å². The number of benzene rings is 3. The van der Waals surface area contributed by atoms with E-state index in [9.17, 15) is 0 Å². The number of hydrogen-bond donors (Lipinski definition) is 0. The lowest BCUT2D eigenvalue weighted by Crippen LogP contribution is -1.97. The minimum absolute atomic E-state index is 0.354. The average Bonchev–Trinajstić information content (AvgIpc) is 3.49. The average molecular weight is 407 g/mol. The van der Waals surface area contributed by atoms with Gasteiger partial charge in [-0.2, -0.15) is 0 Å². The molecule has 0 amide bonds. The third kappa shape index (κ3) is 4.73. The molecule has 0 aliphatic heterocycles. The van der Waals surface area contributed by atoms with Gasteiger partial charge in [0.05, 0.1) is 6.33 Å². The largest absolute Gasteiger partial charge is 0.487 e. The van der Waals surface area contributed by atoms with Crippen LogP contribution in [0.1, 0.15) is 22.7 Å². The van der Waals surface area contributed by atoms with E-state index in [0.29, 0.717) is 12.5 Å². The highest BCUT2D eigenvalue weighted by Crippen LogP contribution is 2.23. The van der Waals surface area contributed by atoms with Gasteiger partial charge in [0.25, 0.3) is 0 Å². The van der Waals surface area contributed by atoms with Crippen LogP contribution in [0.15, 0.2) is 96.1 Å². The second kappa shape index (κ2) is 8.71. The Labute approximate surface area is 180 Å². The van der Waals surface area contributed by atoms with E-state index in [2.05, 4.69) is 38.8 Å². The fraction of sp³-hybridized carbons (Fsp3) is 0.0769. The van der Waals surface area contributed by atoms with Gasteiger partial charge in [-0.15, -0.1) is 0 Å². The lowest BCUT2D eigenvalue weighted by atomic mass is 10.1. The van der Waals surface area contributed by atoms with Gasteiger partial charge in [0.15, 0.2) is 0 Å². The molecular formula is C26H21N3O2. The highest BCUT2D eigenvalue weighted by atomic mass is 16.5. The lowest BCUT2D eigenvalue weighted by Gasteiger charge is -2.08. The van der Waals surface area contributed by atoms with Crippen molar-refractivity contribution in [2.45, 2.75) is 13.2 Å². The smallest absolute Gasteiger partial charge is 0.218 e. The molecule has 0 saturated heterocycles. The van der Waals surface area contributed by atoms with Gasteiger partial charge >= 0.3 is 0 Å². The Kier molecular flexibility index (Phi) is 5.31. The molecule has 0 unspecified atom stereocenters. The first kappa shape index (κ1) is 18.9. The number of imidazole rings is 1. The standard InChI is InChI=1S/C26H21N3O2/c1-2-4-20(5-3-1)7-11-26-28-24(18-31-26)17-30-25-10-9-22-14-21(6-8-23(22)15-25)16-29-13-12-27-19-29/h1-15,18-19H,16-17H2/b11-7+. The van der Waals surface area contributed by atoms with Crippen LogP contribution in [-0.4, -0.2) is 14.5 Å². The Morgan fingerprint density at radius 3 is 2.68 bits per heavy atom. The first-order valence-corrected chi connectivity index (χ1v) is 10.1. The van der Waals surface area contributed by atoms with Crippen molar-refractivity contribution in [2.24, 2.45) is 0 Å². The maximum Gasteiger partial charge on any atom is 0.218 e. The monoisotopic (exact) mass is 407 g/mol. The minimum Gasteiger partial charge on any atom is -0.487 e. The van der Waals surface area contributed by atoms with Crippen molar-refractivity contribution in [1.82, 2.24) is 14.5 Å². The zero-order valence-corrected chi connectivity index (χ0v) is 16.9. The molecule has 152 valence electrons. The summed E-state index contributed by atoms with van der Waals surface area (Å²) < 4.78 is 13.5. The number of nitrogens with zero attached hydrogens (tertiary/aromatic N) is 3. The molecule has 31 heavy (non-hydrogen) atoms. The molecule has 5 rings (SSSR count).